The van der Waals surface area contributed by atoms with Crippen LogP contribution < -0.4 is 0 Å². The number of pyridine rings is 1. The van der Waals surface area contributed by atoms with E-state index in [4.69, 9.17) is 5.41 Å². The third-order valence-electron chi connectivity index (χ3n) is 3.14. The van der Waals surface area contributed by atoms with Gasteiger partial charge in [-0.05, 0) is 31.2 Å². The maximum Gasteiger partial charge on any atom is 0.254 e. The van der Waals surface area contributed by atoms with Gasteiger partial charge in [0.25, 0.3) is 5.91 Å². The first-order valence-corrected chi connectivity index (χ1v) is 6.66. The highest BCUT2D eigenvalue weighted by atomic mass is 19.1. The Balaban J connectivity index is 2.27. The molecule has 1 amide bonds. The second-order valence-electron chi connectivity index (χ2n) is 4.50. The summed E-state index contributed by atoms with van der Waals surface area (Å²) in [5.41, 5.74) is 0.977. The molecule has 108 valence electrons. The lowest BCUT2D eigenvalue weighted by Gasteiger charge is -2.21. The molecule has 5 heteroatoms. The first-order valence-electron chi connectivity index (χ1n) is 6.66. The number of halogens is 1. The minimum Gasteiger partial charge on any atom is -0.333 e. The summed E-state index contributed by atoms with van der Waals surface area (Å²) in [4.78, 5) is 18.3. The number of hydrogen-bond acceptors (Lipinski definition) is 3. The smallest absolute Gasteiger partial charge is 0.254 e. The average molecular weight is 285 g/mol. The second-order valence-corrected chi connectivity index (χ2v) is 4.50. The number of aromatic nitrogens is 1. The fourth-order valence-corrected chi connectivity index (χ4v) is 2.05. The van der Waals surface area contributed by atoms with Gasteiger partial charge in [-0.3, -0.25) is 15.2 Å². The first kappa shape index (κ1) is 14.8. The van der Waals surface area contributed by atoms with Gasteiger partial charge in [0.15, 0.2) is 0 Å². The highest BCUT2D eigenvalue weighted by Gasteiger charge is 2.19. The van der Waals surface area contributed by atoms with E-state index in [0.717, 1.165) is 5.69 Å². The molecule has 0 aliphatic carbocycles. The van der Waals surface area contributed by atoms with Crippen molar-refractivity contribution in [2.45, 2.75) is 13.5 Å². The van der Waals surface area contributed by atoms with Crippen molar-refractivity contribution in [1.29, 1.82) is 5.41 Å². The summed E-state index contributed by atoms with van der Waals surface area (Å²) in [6, 6.07) is 11.7. The zero-order valence-corrected chi connectivity index (χ0v) is 11.7. The third kappa shape index (κ3) is 3.51. The Morgan fingerprint density at radius 3 is 2.43 bits per heavy atom. The van der Waals surface area contributed by atoms with Crippen molar-refractivity contribution in [3.05, 3.63) is 65.5 Å². The van der Waals surface area contributed by atoms with Crippen molar-refractivity contribution in [2.75, 3.05) is 6.54 Å². The van der Waals surface area contributed by atoms with Crippen LogP contribution in [0.1, 0.15) is 28.5 Å². The number of amides is 1. The van der Waals surface area contributed by atoms with Gasteiger partial charge in [0.1, 0.15) is 0 Å². The van der Waals surface area contributed by atoms with Crippen LogP contribution in [0.4, 0.5) is 4.39 Å². The van der Waals surface area contributed by atoms with Crippen LogP contribution in [0.15, 0.2) is 48.7 Å². The Hall–Kier alpha value is -2.56. The summed E-state index contributed by atoms with van der Waals surface area (Å²) in [5.74, 6) is -1.41. The topological polar surface area (TPSA) is 57.1 Å². The molecule has 0 radical (unpaired) electrons. The summed E-state index contributed by atoms with van der Waals surface area (Å²) in [7, 11) is 0. The van der Waals surface area contributed by atoms with Crippen molar-refractivity contribution in [3.63, 3.8) is 0 Å². The summed E-state index contributed by atoms with van der Waals surface area (Å²) >= 11 is 0. The molecule has 2 aromatic rings. The largest absolute Gasteiger partial charge is 0.333 e. The predicted octanol–water partition coefficient (Wildman–Crippen LogP) is 3.04. The Bertz CT molecular complexity index is 643. The molecule has 1 aromatic carbocycles. The van der Waals surface area contributed by atoms with E-state index in [1.807, 2.05) is 19.1 Å². The van der Waals surface area contributed by atoms with Gasteiger partial charge >= 0.3 is 0 Å². The number of rotatable bonds is 5. The SMILES string of the molecule is CCN(Cc1ccccn1)C(=O)c1ccccc1C(=N)F. The molecule has 0 fully saturated rings. The van der Waals surface area contributed by atoms with Gasteiger partial charge < -0.3 is 4.90 Å². The number of benzene rings is 1. The van der Waals surface area contributed by atoms with Gasteiger partial charge in [-0.25, -0.2) is 0 Å². The second kappa shape index (κ2) is 6.74. The zero-order valence-electron chi connectivity index (χ0n) is 11.7. The molecule has 21 heavy (non-hydrogen) atoms. The molecule has 0 saturated heterocycles. The Morgan fingerprint density at radius 1 is 1.19 bits per heavy atom. The molecule has 1 N–H and O–H groups in total. The fourth-order valence-electron chi connectivity index (χ4n) is 2.05. The van der Waals surface area contributed by atoms with E-state index in [2.05, 4.69) is 4.98 Å². The van der Waals surface area contributed by atoms with Crippen LogP contribution in [0.3, 0.4) is 0 Å². The van der Waals surface area contributed by atoms with Gasteiger partial charge in [-0.15, -0.1) is 0 Å². The molecule has 0 aliphatic heterocycles. The molecule has 0 aliphatic rings. The Morgan fingerprint density at radius 2 is 1.86 bits per heavy atom. The maximum atomic E-state index is 13.2. The molecule has 1 aromatic heterocycles. The van der Waals surface area contributed by atoms with Crippen LogP contribution in [-0.2, 0) is 6.54 Å². The lowest BCUT2D eigenvalue weighted by molar-refractivity contribution is 0.0750. The number of nitrogens with one attached hydrogen (secondary N) is 1. The molecule has 0 bridgehead atoms. The van der Waals surface area contributed by atoms with Crippen LogP contribution in [0, 0.1) is 5.41 Å². The fraction of sp³-hybridized carbons (Fsp3) is 0.188. The normalized spacial score (nSPS) is 10.2. The molecule has 0 atom stereocenters. The highest BCUT2D eigenvalue weighted by Crippen LogP contribution is 2.14. The van der Waals surface area contributed by atoms with Crippen molar-refractivity contribution >= 4 is 11.9 Å². The van der Waals surface area contributed by atoms with Crippen molar-refractivity contribution in [2.24, 2.45) is 0 Å². The van der Waals surface area contributed by atoms with Crippen molar-refractivity contribution in [3.8, 4) is 0 Å². The highest BCUT2D eigenvalue weighted by molar-refractivity contribution is 6.05. The van der Waals surface area contributed by atoms with Crippen LogP contribution in [0.5, 0.6) is 0 Å². The molecular formula is C16H16FN3O. The predicted molar refractivity (Wildman–Crippen MR) is 79.0 cm³/mol. The number of carbonyl (C=O) groups is 1. The minimum absolute atomic E-state index is 0.0157. The summed E-state index contributed by atoms with van der Waals surface area (Å²) in [6.07, 6.45) is 1.67. The number of hydrogen-bond donors (Lipinski definition) is 1. The summed E-state index contributed by atoms with van der Waals surface area (Å²) in [6.45, 7) is 2.68. The average Bonchev–Trinajstić information content (AvgIpc) is 2.53. The lowest BCUT2D eigenvalue weighted by Crippen LogP contribution is -2.31. The lowest BCUT2D eigenvalue weighted by atomic mass is 10.1. The standard InChI is InChI=1S/C16H16FN3O/c1-2-20(11-12-7-5-6-10-19-12)16(21)14-9-4-3-8-13(14)15(17)18/h3-10,18H,2,11H2,1H3. The van der Waals surface area contributed by atoms with E-state index in [1.165, 1.54) is 12.1 Å². The van der Waals surface area contributed by atoms with Crippen LogP contribution in [0.25, 0.3) is 0 Å². The first-order chi connectivity index (χ1) is 10.1. The molecule has 0 unspecified atom stereocenters. The number of nitrogens with zero attached hydrogens (tertiary/aromatic N) is 2. The van der Waals surface area contributed by atoms with Crippen LogP contribution in [0.2, 0.25) is 0 Å². The molecule has 1 heterocycles. The van der Waals surface area contributed by atoms with Crippen molar-refractivity contribution in [1.82, 2.24) is 9.88 Å². The molecular weight excluding hydrogens is 269 g/mol. The minimum atomic E-state index is -1.10. The molecule has 0 spiro atoms. The Kier molecular flexibility index (Phi) is 4.77. The van der Waals surface area contributed by atoms with E-state index in [9.17, 15) is 9.18 Å². The molecule has 0 saturated carbocycles. The van der Waals surface area contributed by atoms with E-state index < -0.39 is 5.97 Å². The van der Waals surface area contributed by atoms with Gasteiger partial charge in [0.05, 0.1) is 17.8 Å². The van der Waals surface area contributed by atoms with Gasteiger partial charge in [0, 0.05) is 18.3 Å². The number of carbonyl (C=O) groups excluding carboxylic acids is 1. The zero-order chi connectivity index (χ0) is 15.2. The molecule has 2 rings (SSSR count). The van der Waals surface area contributed by atoms with Crippen LogP contribution in [-0.4, -0.2) is 28.3 Å². The van der Waals surface area contributed by atoms with E-state index in [-0.39, 0.29) is 17.0 Å². The summed E-state index contributed by atoms with van der Waals surface area (Å²) in [5, 5.41) is 7.14. The van der Waals surface area contributed by atoms with Gasteiger partial charge in [-0.2, -0.15) is 4.39 Å². The van der Waals surface area contributed by atoms with E-state index in [0.29, 0.717) is 13.1 Å². The van der Waals surface area contributed by atoms with Crippen molar-refractivity contribution < 1.29 is 9.18 Å². The third-order valence-corrected chi connectivity index (χ3v) is 3.14. The van der Waals surface area contributed by atoms with E-state index >= 15 is 0 Å². The van der Waals surface area contributed by atoms with Gasteiger partial charge in [-0.1, -0.05) is 18.2 Å². The van der Waals surface area contributed by atoms with Crippen LogP contribution >= 0.6 is 0 Å². The monoisotopic (exact) mass is 285 g/mol. The Labute approximate surface area is 122 Å². The maximum absolute atomic E-state index is 13.2. The van der Waals surface area contributed by atoms with E-state index in [1.54, 1.807) is 29.3 Å². The summed E-state index contributed by atoms with van der Waals surface area (Å²) < 4.78 is 13.2. The molecule has 4 nitrogen and oxygen atoms in total. The quantitative estimate of drug-likeness (QED) is 0.858. The van der Waals surface area contributed by atoms with Gasteiger partial charge in [0.2, 0.25) is 5.97 Å².